The number of hydrogen-bond acceptors (Lipinski definition) is 5. The first kappa shape index (κ1) is 18.8. The summed E-state index contributed by atoms with van der Waals surface area (Å²) in [5, 5.41) is 14.2. The lowest BCUT2D eigenvalue weighted by Gasteiger charge is -2.38. The van der Waals surface area contributed by atoms with Gasteiger partial charge in [-0.05, 0) is 18.6 Å². The molecule has 0 radical (unpaired) electrons. The van der Waals surface area contributed by atoms with Crippen LogP contribution in [0.4, 0.5) is 11.4 Å². The van der Waals surface area contributed by atoms with E-state index in [9.17, 15) is 14.9 Å². The van der Waals surface area contributed by atoms with Crippen molar-refractivity contribution in [2.75, 3.05) is 31.1 Å². The van der Waals surface area contributed by atoms with Crippen LogP contribution in [0.2, 0.25) is 0 Å². The number of para-hydroxylation sites is 2. The van der Waals surface area contributed by atoms with E-state index in [0.29, 0.717) is 38.4 Å². The van der Waals surface area contributed by atoms with E-state index in [-0.39, 0.29) is 22.6 Å². The van der Waals surface area contributed by atoms with Crippen molar-refractivity contribution in [3.8, 4) is 0 Å². The van der Waals surface area contributed by atoms with Gasteiger partial charge in [0.15, 0.2) is 0 Å². The number of nitrogens with zero attached hydrogens (tertiary/aromatic N) is 3. The summed E-state index contributed by atoms with van der Waals surface area (Å²) in [7, 11) is 0. The summed E-state index contributed by atoms with van der Waals surface area (Å²) in [6, 6.07) is 16.4. The highest BCUT2D eigenvalue weighted by atomic mass is 16.6. The molecule has 1 aliphatic rings. The van der Waals surface area contributed by atoms with E-state index in [0.717, 1.165) is 5.56 Å². The molecule has 142 valence electrons. The van der Waals surface area contributed by atoms with Gasteiger partial charge in [0.25, 0.3) is 5.69 Å². The molecule has 0 aliphatic carbocycles. The van der Waals surface area contributed by atoms with Crippen LogP contribution in [0.3, 0.4) is 0 Å². The van der Waals surface area contributed by atoms with Crippen LogP contribution < -0.4 is 10.2 Å². The van der Waals surface area contributed by atoms with Crippen molar-refractivity contribution < 1.29 is 9.72 Å². The second-order valence-electron chi connectivity index (χ2n) is 6.65. The standard InChI is InChI=1S/C20H24N4O3/c1-16(20(25)21-15-17-7-3-2-4-8-17)22-11-13-23(14-12-22)18-9-5-6-10-19(18)24(26)27/h2-10,16H,11-15H2,1H3,(H,21,25). The Bertz CT molecular complexity index is 789. The molecule has 3 rings (SSSR count). The summed E-state index contributed by atoms with van der Waals surface area (Å²) in [6.45, 7) is 5.10. The second kappa shape index (κ2) is 8.64. The minimum Gasteiger partial charge on any atom is -0.363 e. The molecule has 1 atom stereocenters. The van der Waals surface area contributed by atoms with Gasteiger partial charge in [-0.3, -0.25) is 19.8 Å². The third-order valence-electron chi connectivity index (χ3n) is 4.97. The number of carbonyl (C=O) groups excluding carboxylic acids is 1. The maximum Gasteiger partial charge on any atom is 0.292 e. The third-order valence-corrected chi connectivity index (χ3v) is 4.97. The van der Waals surface area contributed by atoms with Crippen LogP contribution in [0, 0.1) is 10.1 Å². The van der Waals surface area contributed by atoms with Gasteiger partial charge in [-0.1, -0.05) is 42.5 Å². The van der Waals surface area contributed by atoms with Crippen LogP contribution in [0.25, 0.3) is 0 Å². The van der Waals surface area contributed by atoms with E-state index in [1.165, 1.54) is 6.07 Å². The van der Waals surface area contributed by atoms with Gasteiger partial charge in [-0.2, -0.15) is 0 Å². The van der Waals surface area contributed by atoms with Gasteiger partial charge in [0.1, 0.15) is 5.69 Å². The largest absolute Gasteiger partial charge is 0.363 e. The predicted octanol–water partition coefficient (Wildman–Crippen LogP) is 2.42. The Labute approximate surface area is 158 Å². The predicted molar refractivity (Wildman–Crippen MR) is 105 cm³/mol. The van der Waals surface area contributed by atoms with Crippen molar-refractivity contribution in [3.05, 3.63) is 70.3 Å². The molecule has 0 spiro atoms. The van der Waals surface area contributed by atoms with Crippen molar-refractivity contribution in [2.45, 2.75) is 19.5 Å². The molecule has 0 aromatic heterocycles. The van der Waals surface area contributed by atoms with Crippen molar-refractivity contribution in [1.29, 1.82) is 0 Å². The van der Waals surface area contributed by atoms with Crippen molar-refractivity contribution in [1.82, 2.24) is 10.2 Å². The Balaban J connectivity index is 1.54. The van der Waals surface area contributed by atoms with Gasteiger partial charge in [0.2, 0.25) is 5.91 Å². The van der Waals surface area contributed by atoms with E-state index in [1.807, 2.05) is 48.2 Å². The number of rotatable bonds is 6. The Morgan fingerprint density at radius 3 is 2.37 bits per heavy atom. The van der Waals surface area contributed by atoms with Gasteiger partial charge in [-0.25, -0.2) is 0 Å². The first-order chi connectivity index (χ1) is 13.1. The maximum absolute atomic E-state index is 12.5. The molecule has 1 aliphatic heterocycles. The molecule has 7 nitrogen and oxygen atoms in total. The number of piperazine rings is 1. The average Bonchev–Trinajstić information content (AvgIpc) is 2.72. The molecular weight excluding hydrogens is 344 g/mol. The molecule has 27 heavy (non-hydrogen) atoms. The smallest absolute Gasteiger partial charge is 0.292 e. The summed E-state index contributed by atoms with van der Waals surface area (Å²) >= 11 is 0. The Hall–Kier alpha value is -2.93. The van der Waals surface area contributed by atoms with Crippen LogP contribution >= 0.6 is 0 Å². The zero-order valence-corrected chi connectivity index (χ0v) is 15.4. The lowest BCUT2D eigenvalue weighted by Crippen LogP contribution is -2.54. The first-order valence-corrected chi connectivity index (χ1v) is 9.10. The zero-order chi connectivity index (χ0) is 19.2. The summed E-state index contributed by atoms with van der Waals surface area (Å²) in [4.78, 5) is 27.5. The van der Waals surface area contributed by atoms with E-state index in [2.05, 4.69) is 10.2 Å². The number of carbonyl (C=O) groups is 1. The molecular formula is C20H24N4O3. The van der Waals surface area contributed by atoms with Crippen LogP contribution in [-0.4, -0.2) is 48.0 Å². The average molecular weight is 368 g/mol. The minimum absolute atomic E-state index is 0.00186. The van der Waals surface area contributed by atoms with E-state index >= 15 is 0 Å². The zero-order valence-electron chi connectivity index (χ0n) is 15.4. The monoisotopic (exact) mass is 368 g/mol. The highest BCUT2D eigenvalue weighted by molar-refractivity contribution is 5.81. The van der Waals surface area contributed by atoms with E-state index < -0.39 is 0 Å². The fourth-order valence-electron chi connectivity index (χ4n) is 3.33. The molecule has 0 saturated carbocycles. The van der Waals surface area contributed by atoms with Crippen LogP contribution in [0.1, 0.15) is 12.5 Å². The molecule has 1 fully saturated rings. The fourth-order valence-corrected chi connectivity index (χ4v) is 3.33. The lowest BCUT2D eigenvalue weighted by atomic mass is 10.1. The highest BCUT2D eigenvalue weighted by Crippen LogP contribution is 2.28. The SMILES string of the molecule is CC(C(=O)NCc1ccccc1)N1CCN(c2ccccc2[N+](=O)[O-])CC1. The lowest BCUT2D eigenvalue weighted by molar-refractivity contribution is -0.384. The number of nitrogens with one attached hydrogen (secondary N) is 1. The quantitative estimate of drug-likeness (QED) is 0.626. The molecule has 1 unspecified atom stereocenters. The van der Waals surface area contributed by atoms with Crippen LogP contribution in [0.5, 0.6) is 0 Å². The Morgan fingerprint density at radius 1 is 1.07 bits per heavy atom. The van der Waals surface area contributed by atoms with Crippen molar-refractivity contribution in [3.63, 3.8) is 0 Å². The maximum atomic E-state index is 12.5. The van der Waals surface area contributed by atoms with Gasteiger partial charge in [0.05, 0.1) is 11.0 Å². The number of nitro benzene ring substituents is 1. The molecule has 7 heteroatoms. The third kappa shape index (κ3) is 4.62. The number of hydrogen-bond donors (Lipinski definition) is 1. The summed E-state index contributed by atoms with van der Waals surface area (Å²) in [5.74, 6) is -0.00186. The van der Waals surface area contributed by atoms with Crippen LogP contribution in [0.15, 0.2) is 54.6 Å². The van der Waals surface area contributed by atoms with E-state index in [1.54, 1.807) is 12.1 Å². The summed E-state index contributed by atoms with van der Waals surface area (Å²) in [6.07, 6.45) is 0. The van der Waals surface area contributed by atoms with Gasteiger partial charge >= 0.3 is 0 Å². The number of anilines is 1. The van der Waals surface area contributed by atoms with Crippen molar-refractivity contribution in [2.24, 2.45) is 0 Å². The molecule has 2 aromatic rings. The summed E-state index contributed by atoms with van der Waals surface area (Å²) in [5.41, 5.74) is 1.84. The number of nitro groups is 1. The van der Waals surface area contributed by atoms with Crippen LogP contribution in [-0.2, 0) is 11.3 Å². The molecule has 1 N–H and O–H groups in total. The fraction of sp³-hybridized carbons (Fsp3) is 0.350. The first-order valence-electron chi connectivity index (χ1n) is 9.10. The van der Waals surface area contributed by atoms with Gasteiger partial charge in [-0.15, -0.1) is 0 Å². The summed E-state index contributed by atoms with van der Waals surface area (Å²) < 4.78 is 0. The van der Waals surface area contributed by atoms with Gasteiger partial charge < -0.3 is 10.2 Å². The molecule has 1 amide bonds. The highest BCUT2D eigenvalue weighted by Gasteiger charge is 2.27. The Morgan fingerprint density at radius 2 is 1.70 bits per heavy atom. The molecule has 2 aromatic carbocycles. The minimum atomic E-state index is -0.346. The molecule has 1 heterocycles. The van der Waals surface area contributed by atoms with Crippen molar-refractivity contribution >= 4 is 17.3 Å². The topological polar surface area (TPSA) is 78.7 Å². The molecule has 1 saturated heterocycles. The Kier molecular flexibility index (Phi) is 6.03. The second-order valence-corrected chi connectivity index (χ2v) is 6.65. The molecule has 0 bridgehead atoms. The van der Waals surface area contributed by atoms with E-state index in [4.69, 9.17) is 0 Å². The normalized spacial score (nSPS) is 16.0. The number of amides is 1. The number of benzene rings is 2. The van der Waals surface area contributed by atoms with Gasteiger partial charge in [0, 0.05) is 38.8 Å².